The molecule has 0 unspecified atom stereocenters. The number of primary amides is 1. The molecule has 13 heteroatoms. The van der Waals surface area contributed by atoms with Gasteiger partial charge in [-0.1, -0.05) is 0 Å². The Morgan fingerprint density at radius 1 is 1.12 bits per heavy atom. The van der Waals surface area contributed by atoms with Crippen LogP contribution >= 0.6 is 0 Å². The maximum atomic E-state index is 14.0. The van der Waals surface area contributed by atoms with Crippen LogP contribution in [0.5, 0.6) is 5.75 Å². The molecule has 13 nitrogen and oxygen atoms in total. The van der Waals surface area contributed by atoms with Crippen molar-refractivity contribution in [2.75, 3.05) is 38.4 Å². The van der Waals surface area contributed by atoms with Crippen molar-refractivity contribution in [1.82, 2.24) is 4.90 Å². The molecule has 1 aromatic rings. The number of carbonyl (C=O) groups is 4. The SMILES string of the molecule is CN(C)c1cc(NC(=O)OC(C)(C)C)c(O)c2c1C[C@@H]1C[C@@H]3[C@@H](N(C)C)C(=O)C(C(N)=O)=C(O)[C@]3(O)C(=O)C1=C2O. The summed E-state index contributed by atoms with van der Waals surface area (Å²) in [6.45, 7) is 5.00. The molecule has 1 aromatic carbocycles. The highest BCUT2D eigenvalue weighted by molar-refractivity contribution is 6.24. The van der Waals surface area contributed by atoms with E-state index in [1.54, 1.807) is 39.8 Å². The summed E-state index contributed by atoms with van der Waals surface area (Å²) < 4.78 is 5.28. The summed E-state index contributed by atoms with van der Waals surface area (Å²) >= 11 is 0. The second-order valence-corrected chi connectivity index (χ2v) is 12.1. The average molecular weight is 573 g/mol. The van der Waals surface area contributed by atoms with Crippen molar-refractivity contribution in [3.8, 4) is 5.75 Å². The standard InChI is InChI=1S/C28H36N4O9/c1-27(2,3)41-26(39)30-14-10-15(31(4)5)12-8-11-9-13-19(32(6)7)22(35)18(25(29)38)24(37)28(13,40)23(36)16(11)21(34)17(12)20(14)33/h10-11,13,19,33-34,37,40H,8-9H2,1-7H3,(H2,29,38)(H,30,39)/t11-,13-,19-,28-/m1/s1. The first-order valence-electron chi connectivity index (χ1n) is 13.0. The zero-order valence-corrected chi connectivity index (χ0v) is 24.0. The molecule has 0 radical (unpaired) electrons. The van der Waals surface area contributed by atoms with Crippen molar-refractivity contribution < 1.29 is 44.3 Å². The van der Waals surface area contributed by atoms with E-state index in [4.69, 9.17) is 10.5 Å². The van der Waals surface area contributed by atoms with Crippen LogP contribution in [0, 0.1) is 11.8 Å². The first-order chi connectivity index (χ1) is 18.8. The summed E-state index contributed by atoms with van der Waals surface area (Å²) in [6.07, 6.45) is -0.778. The molecule has 4 rings (SSSR count). The van der Waals surface area contributed by atoms with Gasteiger partial charge in [-0.3, -0.25) is 24.6 Å². The van der Waals surface area contributed by atoms with Gasteiger partial charge in [0.15, 0.2) is 17.1 Å². The molecule has 1 fully saturated rings. The molecule has 3 aliphatic rings. The van der Waals surface area contributed by atoms with Gasteiger partial charge in [-0.25, -0.2) is 4.79 Å². The third-order valence-corrected chi connectivity index (χ3v) is 7.81. The van der Waals surface area contributed by atoms with E-state index in [9.17, 15) is 39.6 Å². The minimum absolute atomic E-state index is 0.0305. The van der Waals surface area contributed by atoms with E-state index >= 15 is 0 Å². The molecule has 0 bridgehead atoms. The fourth-order valence-electron chi connectivity index (χ4n) is 6.20. The van der Waals surface area contributed by atoms with Crippen LogP contribution < -0.4 is 16.0 Å². The molecule has 3 aliphatic carbocycles. The molecular formula is C28H36N4O9. The van der Waals surface area contributed by atoms with E-state index < -0.39 is 75.5 Å². The topological polar surface area (TPSA) is 203 Å². The molecule has 222 valence electrons. The van der Waals surface area contributed by atoms with E-state index in [-0.39, 0.29) is 29.7 Å². The lowest BCUT2D eigenvalue weighted by atomic mass is 9.57. The van der Waals surface area contributed by atoms with E-state index in [0.29, 0.717) is 11.3 Å². The van der Waals surface area contributed by atoms with Crippen LogP contribution in [0.25, 0.3) is 5.76 Å². The maximum absolute atomic E-state index is 14.0. The molecule has 41 heavy (non-hydrogen) atoms. The Morgan fingerprint density at radius 2 is 1.73 bits per heavy atom. The summed E-state index contributed by atoms with van der Waals surface area (Å²) in [5.41, 5.74) is 1.37. The molecule has 0 saturated heterocycles. The lowest BCUT2D eigenvalue weighted by Gasteiger charge is -2.50. The van der Waals surface area contributed by atoms with Gasteiger partial charge in [-0.15, -0.1) is 0 Å². The predicted octanol–water partition coefficient (Wildman–Crippen LogP) is 1.38. The van der Waals surface area contributed by atoms with Gasteiger partial charge in [0.25, 0.3) is 5.91 Å². The Hall–Kier alpha value is -4.10. The van der Waals surface area contributed by atoms with Crippen LogP contribution in [0.3, 0.4) is 0 Å². The van der Waals surface area contributed by atoms with Crippen LogP contribution in [-0.2, 0) is 25.5 Å². The number of ether oxygens (including phenoxy) is 1. The molecule has 0 heterocycles. The van der Waals surface area contributed by atoms with Crippen molar-refractivity contribution >= 4 is 40.7 Å². The number of nitrogens with zero attached hydrogens (tertiary/aromatic N) is 2. The highest BCUT2D eigenvalue weighted by Crippen LogP contribution is 2.54. The molecule has 0 spiro atoms. The number of fused-ring (bicyclic) bond motifs is 3. The number of ketones is 2. The summed E-state index contributed by atoms with van der Waals surface area (Å²) in [7, 11) is 6.52. The zero-order chi connectivity index (χ0) is 30.9. The Morgan fingerprint density at radius 3 is 2.24 bits per heavy atom. The number of aliphatic hydroxyl groups excluding tert-OH is 2. The fraction of sp³-hybridized carbons (Fsp3) is 0.500. The number of aliphatic hydroxyl groups is 3. The van der Waals surface area contributed by atoms with Crippen LogP contribution in [0.4, 0.5) is 16.2 Å². The number of phenolic OH excluding ortho intramolecular Hbond substituents is 1. The summed E-state index contributed by atoms with van der Waals surface area (Å²) in [5.74, 6) is -7.49. The molecule has 0 aromatic heterocycles. The molecule has 1 saturated carbocycles. The monoisotopic (exact) mass is 572 g/mol. The molecule has 2 amide bonds. The van der Waals surface area contributed by atoms with Gasteiger partial charge in [0.1, 0.15) is 22.7 Å². The lowest BCUT2D eigenvalue weighted by Crippen LogP contribution is -2.65. The quantitative estimate of drug-likeness (QED) is 0.225. The number of Topliss-reactive ketones (excluding diaryl/α,β-unsaturated/α-hetero) is 2. The van der Waals surface area contributed by atoms with E-state index in [1.165, 1.54) is 25.1 Å². The van der Waals surface area contributed by atoms with Gasteiger partial charge >= 0.3 is 6.09 Å². The van der Waals surface area contributed by atoms with Crippen molar-refractivity contribution in [3.63, 3.8) is 0 Å². The van der Waals surface area contributed by atoms with Crippen molar-refractivity contribution in [2.45, 2.75) is 50.9 Å². The number of likely N-dealkylation sites (N-methyl/N-ethyl adjacent to an activating group) is 1. The first kappa shape index (κ1) is 29.9. The number of hydrogen-bond donors (Lipinski definition) is 6. The highest BCUT2D eigenvalue weighted by Gasteiger charge is 2.64. The lowest BCUT2D eigenvalue weighted by molar-refractivity contribution is -0.153. The number of hydrogen-bond acceptors (Lipinski definition) is 11. The molecule has 7 N–H and O–H groups in total. The zero-order valence-electron chi connectivity index (χ0n) is 24.0. The number of benzene rings is 1. The summed E-state index contributed by atoms with van der Waals surface area (Å²) in [5, 5.41) is 47.9. The van der Waals surface area contributed by atoms with Crippen molar-refractivity contribution in [3.05, 3.63) is 34.1 Å². The summed E-state index contributed by atoms with van der Waals surface area (Å²) in [4.78, 5) is 55.0. The number of aromatic hydroxyl groups is 1. The Balaban J connectivity index is 1.93. The number of rotatable bonds is 4. The Labute approximate surface area is 236 Å². The number of nitrogens with two attached hydrogens (primary N) is 1. The second kappa shape index (κ2) is 9.77. The molecule has 4 atom stereocenters. The molecular weight excluding hydrogens is 536 g/mol. The van der Waals surface area contributed by atoms with Crippen molar-refractivity contribution in [1.29, 1.82) is 0 Å². The largest absolute Gasteiger partial charge is 0.508 e. The van der Waals surface area contributed by atoms with E-state index in [1.807, 2.05) is 0 Å². The van der Waals surface area contributed by atoms with Gasteiger partial charge in [0.05, 0.1) is 17.3 Å². The van der Waals surface area contributed by atoms with Crippen LogP contribution in [0.1, 0.15) is 38.3 Å². The van der Waals surface area contributed by atoms with Gasteiger partial charge in [0.2, 0.25) is 5.78 Å². The Bertz CT molecular complexity index is 1440. The fourth-order valence-corrected chi connectivity index (χ4v) is 6.20. The highest BCUT2D eigenvalue weighted by atomic mass is 16.6. The van der Waals surface area contributed by atoms with Gasteiger partial charge in [-0.05, 0) is 65.3 Å². The third kappa shape index (κ3) is 4.58. The number of anilines is 2. The van der Waals surface area contributed by atoms with Crippen LogP contribution in [-0.4, -0.2) is 94.3 Å². The predicted molar refractivity (Wildman–Crippen MR) is 148 cm³/mol. The Kier molecular flexibility index (Phi) is 7.12. The normalized spacial score (nSPS) is 25.9. The molecule has 0 aliphatic heterocycles. The number of amides is 2. The second-order valence-electron chi connectivity index (χ2n) is 12.1. The van der Waals surface area contributed by atoms with E-state index in [2.05, 4.69) is 5.32 Å². The number of phenols is 1. The number of nitrogens with one attached hydrogen (secondary N) is 1. The summed E-state index contributed by atoms with van der Waals surface area (Å²) in [6, 6.07) is 0.340. The van der Waals surface area contributed by atoms with E-state index in [0.717, 1.165) is 0 Å². The van der Waals surface area contributed by atoms with Crippen molar-refractivity contribution in [2.24, 2.45) is 17.6 Å². The number of carbonyl (C=O) groups excluding carboxylic acids is 4. The third-order valence-electron chi connectivity index (χ3n) is 7.81. The minimum Gasteiger partial charge on any atom is -0.508 e. The minimum atomic E-state index is -2.74. The average Bonchev–Trinajstić information content (AvgIpc) is 2.81. The maximum Gasteiger partial charge on any atom is 0.412 e. The van der Waals surface area contributed by atoms with Gasteiger partial charge in [0, 0.05) is 31.3 Å². The first-order valence-corrected chi connectivity index (χ1v) is 13.0. The van der Waals surface area contributed by atoms with Crippen LogP contribution in [0.2, 0.25) is 0 Å². The van der Waals surface area contributed by atoms with Gasteiger partial charge in [-0.2, -0.15) is 0 Å². The van der Waals surface area contributed by atoms with Gasteiger partial charge < -0.3 is 35.8 Å². The van der Waals surface area contributed by atoms with Crippen LogP contribution in [0.15, 0.2) is 23.0 Å². The smallest absolute Gasteiger partial charge is 0.412 e.